The number of hydrogen-bond acceptors (Lipinski definition) is 8. The van der Waals surface area contributed by atoms with Crippen molar-refractivity contribution in [2.75, 3.05) is 16.8 Å². The van der Waals surface area contributed by atoms with E-state index in [1.54, 1.807) is 6.07 Å². The van der Waals surface area contributed by atoms with E-state index in [2.05, 4.69) is 20.5 Å². The molecule has 108 valence electrons. The molecule has 3 aromatic rings. The van der Waals surface area contributed by atoms with Gasteiger partial charge in [-0.2, -0.15) is 0 Å². The number of nitrogens with two attached hydrogens (primary N) is 1. The lowest BCUT2D eigenvalue weighted by Crippen LogP contribution is -2.13. The van der Waals surface area contributed by atoms with E-state index in [9.17, 15) is 4.79 Å². The Morgan fingerprint density at radius 2 is 2.24 bits per heavy atom. The number of rotatable bonds is 4. The summed E-state index contributed by atoms with van der Waals surface area (Å²) in [5, 5.41) is 11.9. The summed E-state index contributed by atoms with van der Waals surface area (Å²) in [4.78, 5) is 16.2. The lowest BCUT2D eigenvalue weighted by atomic mass is 10.3. The van der Waals surface area contributed by atoms with Gasteiger partial charge in [-0.25, -0.2) is 4.98 Å². The fourth-order valence-electron chi connectivity index (χ4n) is 1.51. The Labute approximate surface area is 136 Å². The molecule has 2 heterocycles. The predicted octanol–water partition coefficient (Wildman–Crippen LogP) is 3.11. The third-order valence-corrected chi connectivity index (χ3v) is 5.40. The second kappa shape index (κ2) is 6.14. The van der Waals surface area contributed by atoms with E-state index in [-0.39, 0.29) is 11.7 Å². The Kier molecular flexibility index (Phi) is 4.24. The molecule has 0 aliphatic carbocycles. The molecule has 3 N–H and O–H groups in total. The first-order chi connectivity index (χ1) is 10.1. The van der Waals surface area contributed by atoms with Crippen molar-refractivity contribution in [3.05, 3.63) is 23.2 Å². The minimum Gasteiger partial charge on any atom is -0.374 e. The Morgan fingerprint density at radius 1 is 1.38 bits per heavy atom. The number of aromatic nitrogens is 3. The van der Waals surface area contributed by atoms with Gasteiger partial charge in [-0.05, 0) is 18.2 Å². The Balaban J connectivity index is 1.63. The number of anilines is 2. The van der Waals surface area contributed by atoms with Gasteiger partial charge in [0.25, 0.3) is 0 Å². The summed E-state index contributed by atoms with van der Waals surface area (Å²) >= 11 is 9.84. The van der Waals surface area contributed by atoms with Crippen LogP contribution in [0.4, 0.5) is 10.3 Å². The number of halogens is 1. The minimum absolute atomic E-state index is 0.154. The van der Waals surface area contributed by atoms with Crippen molar-refractivity contribution in [1.29, 1.82) is 0 Å². The fraction of sp³-hybridized carbons (Fsp3) is 0.0909. The van der Waals surface area contributed by atoms with Crippen LogP contribution in [-0.4, -0.2) is 26.8 Å². The van der Waals surface area contributed by atoms with Crippen LogP contribution >= 0.6 is 46.0 Å². The van der Waals surface area contributed by atoms with Crippen LogP contribution in [0.25, 0.3) is 10.2 Å². The maximum Gasteiger partial charge on any atom is 0.236 e. The summed E-state index contributed by atoms with van der Waals surface area (Å²) in [7, 11) is 0. The zero-order chi connectivity index (χ0) is 14.8. The summed E-state index contributed by atoms with van der Waals surface area (Å²) < 4.78 is 1.60. The van der Waals surface area contributed by atoms with Crippen molar-refractivity contribution < 1.29 is 4.79 Å². The molecule has 21 heavy (non-hydrogen) atoms. The van der Waals surface area contributed by atoms with Gasteiger partial charge < -0.3 is 11.1 Å². The molecular weight excluding hydrogens is 350 g/mol. The zero-order valence-electron chi connectivity index (χ0n) is 10.4. The summed E-state index contributed by atoms with van der Waals surface area (Å²) in [5.41, 5.74) is 6.29. The van der Waals surface area contributed by atoms with E-state index in [1.165, 1.54) is 34.4 Å². The maximum absolute atomic E-state index is 11.9. The Hall–Kier alpha value is -1.42. The van der Waals surface area contributed by atoms with Crippen molar-refractivity contribution in [3.8, 4) is 0 Å². The molecular formula is C11H8ClN5OS3. The van der Waals surface area contributed by atoms with E-state index < -0.39 is 0 Å². The van der Waals surface area contributed by atoms with Crippen LogP contribution in [0, 0.1) is 0 Å². The fourth-order valence-corrected chi connectivity index (χ4v) is 4.11. The predicted molar refractivity (Wildman–Crippen MR) is 88.3 cm³/mol. The second-order valence-electron chi connectivity index (χ2n) is 3.87. The first-order valence-corrected chi connectivity index (χ1v) is 8.67. The molecule has 0 spiro atoms. The number of hydrogen-bond donors (Lipinski definition) is 2. The molecule has 0 unspecified atom stereocenters. The van der Waals surface area contributed by atoms with Crippen LogP contribution in [0.3, 0.4) is 0 Å². The lowest BCUT2D eigenvalue weighted by molar-refractivity contribution is -0.113. The molecule has 0 saturated heterocycles. The van der Waals surface area contributed by atoms with Gasteiger partial charge in [-0.15, -0.1) is 10.2 Å². The number of nitrogens with one attached hydrogen (secondary N) is 1. The van der Waals surface area contributed by atoms with Gasteiger partial charge in [0, 0.05) is 5.02 Å². The zero-order valence-corrected chi connectivity index (χ0v) is 13.6. The van der Waals surface area contributed by atoms with Crippen molar-refractivity contribution in [2.24, 2.45) is 0 Å². The molecule has 1 aromatic carbocycles. The largest absolute Gasteiger partial charge is 0.374 e. The maximum atomic E-state index is 11.9. The molecule has 6 nitrogen and oxygen atoms in total. The van der Waals surface area contributed by atoms with E-state index in [1.807, 2.05) is 12.1 Å². The minimum atomic E-state index is -0.154. The molecule has 3 rings (SSSR count). The molecule has 0 atom stereocenters. The first kappa shape index (κ1) is 14.5. The van der Waals surface area contributed by atoms with Crippen molar-refractivity contribution in [3.63, 3.8) is 0 Å². The smallest absolute Gasteiger partial charge is 0.236 e. The highest BCUT2D eigenvalue weighted by molar-refractivity contribution is 8.01. The van der Waals surface area contributed by atoms with Crippen molar-refractivity contribution >= 4 is 72.4 Å². The molecule has 0 radical (unpaired) electrons. The van der Waals surface area contributed by atoms with Crippen LogP contribution in [0.15, 0.2) is 22.5 Å². The highest BCUT2D eigenvalue weighted by Crippen LogP contribution is 2.29. The third kappa shape index (κ3) is 3.62. The monoisotopic (exact) mass is 357 g/mol. The average Bonchev–Trinajstić information content (AvgIpc) is 3.01. The number of thioether (sulfide) groups is 1. The molecule has 0 saturated carbocycles. The Morgan fingerprint density at radius 3 is 3.00 bits per heavy atom. The lowest BCUT2D eigenvalue weighted by Gasteiger charge is -1.98. The Bertz CT molecular complexity index is 802. The molecule has 0 aliphatic heterocycles. The SMILES string of the molecule is Nc1nnc(SCC(=O)Nc2nc3ccc(Cl)cc3s2)s1. The van der Waals surface area contributed by atoms with Crippen LogP contribution in [0.1, 0.15) is 0 Å². The third-order valence-electron chi connectivity index (χ3n) is 2.35. The number of amides is 1. The number of carbonyl (C=O) groups is 1. The normalized spacial score (nSPS) is 10.9. The molecule has 2 aromatic heterocycles. The van der Waals surface area contributed by atoms with Crippen LogP contribution in [0.5, 0.6) is 0 Å². The van der Waals surface area contributed by atoms with Gasteiger partial charge in [0.1, 0.15) is 0 Å². The molecule has 10 heteroatoms. The van der Waals surface area contributed by atoms with E-state index in [4.69, 9.17) is 17.3 Å². The van der Waals surface area contributed by atoms with Crippen molar-refractivity contribution in [1.82, 2.24) is 15.2 Å². The topological polar surface area (TPSA) is 93.8 Å². The number of carbonyl (C=O) groups excluding carboxylic acids is 1. The van der Waals surface area contributed by atoms with Gasteiger partial charge in [-0.1, -0.05) is 46.0 Å². The van der Waals surface area contributed by atoms with Gasteiger partial charge in [-0.3, -0.25) is 4.79 Å². The van der Waals surface area contributed by atoms with Gasteiger partial charge in [0.05, 0.1) is 16.0 Å². The number of fused-ring (bicyclic) bond motifs is 1. The highest BCUT2D eigenvalue weighted by Gasteiger charge is 2.10. The number of nitrogen functional groups attached to an aromatic ring is 1. The van der Waals surface area contributed by atoms with E-state index in [0.29, 0.717) is 19.6 Å². The standard InChI is InChI=1S/C11H8ClN5OS3/c12-5-1-2-6-7(3-5)20-10(14-6)15-8(18)4-19-11-17-16-9(13)21-11/h1-3H,4H2,(H2,13,16)(H,14,15,18). The highest BCUT2D eigenvalue weighted by atomic mass is 35.5. The van der Waals surface area contributed by atoms with Crippen LogP contribution < -0.4 is 11.1 Å². The van der Waals surface area contributed by atoms with Crippen LogP contribution in [0.2, 0.25) is 5.02 Å². The molecule has 1 amide bonds. The summed E-state index contributed by atoms with van der Waals surface area (Å²) in [6.45, 7) is 0. The van der Waals surface area contributed by atoms with E-state index >= 15 is 0 Å². The number of nitrogens with zero attached hydrogens (tertiary/aromatic N) is 3. The number of benzene rings is 1. The second-order valence-corrected chi connectivity index (χ2v) is 7.57. The average molecular weight is 358 g/mol. The molecule has 0 fully saturated rings. The summed E-state index contributed by atoms with van der Waals surface area (Å²) in [5.74, 6) is 0.0737. The number of thiazole rings is 1. The van der Waals surface area contributed by atoms with Gasteiger partial charge in [0.2, 0.25) is 11.0 Å². The first-order valence-electron chi connectivity index (χ1n) is 5.68. The van der Waals surface area contributed by atoms with E-state index in [0.717, 1.165) is 10.2 Å². The quantitative estimate of drug-likeness (QED) is 0.697. The summed E-state index contributed by atoms with van der Waals surface area (Å²) in [6, 6.07) is 5.41. The molecule has 0 bridgehead atoms. The van der Waals surface area contributed by atoms with Crippen LogP contribution in [-0.2, 0) is 4.79 Å². The van der Waals surface area contributed by atoms with Crippen molar-refractivity contribution in [2.45, 2.75) is 4.34 Å². The molecule has 0 aliphatic rings. The van der Waals surface area contributed by atoms with Gasteiger partial charge >= 0.3 is 0 Å². The van der Waals surface area contributed by atoms with Gasteiger partial charge in [0.15, 0.2) is 9.47 Å². The summed E-state index contributed by atoms with van der Waals surface area (Å²) in [6.07, 6.45) is 0.